The van der Waals surface area contributed by atoms with Crippen LogP contribution < -0.4 is 4.90 Å². The first kappa shape index (κ1) is 15.9. The number of hydrogen-bond donors (Lipinski definition) is 0. The molecule has 1 amide bonds. The van der Waals surface area contributed by atoms with Crippen LogP contribution in [0.3, 0.4) is 0 Å². The van der Waals surface area contributed by atoms with Gasteiger partial charge < -0.3 is 9.42 Å². The van der Waals surface area contributed by atoms with Crippen molar-refractivity contribution in [2.24, 2.45) is 0 Å². The van der Waals surface area contributed by atoms with Crippen LogP contribution in [0.15, 0.2) is 64.3 Å². The highest BCUT2D eigenvalue weighted by Gasteiger charge is 2.22. The number of rotatable bonds is 4. The Morgan fingerprint density at radius 1 is 1.12 bits per heavy atom. The lowest BCUT2D eigenvalue weighted by atomic mass is 10.0. The van der Waals surface area contributed by atoms with Crippen molar-refractivity contribution in [1.29, 1.82) is 0 Å². The van der Waals surface area contributed by atoms with E-state index in [4.69, 9.17) is 4.52 Å². The van der Waals surface area contributed by atoms with Crippen LogP contribution in [0, 0.1) is 0 Å². The molecular formula is C19H17N3O2S. The number of amides is 1. The normalized spacial score (nSPS) is 13.5. The van der Waals surface area contributed by atoms with E-state index in [1.165, 1.54) is 17.3 Å². The lowest BCUT2D eigenvalue weighted by molar-refractivity contribution is -0.116. The molecule has 2 heterocycles. The summed E-state index contributed by atoms with van der Waals surface area (Å²) in [5.41, 5.74) is 3.15. The summed E-state index contributed by atoms with van der Waals surface area (Å²) in [6.07, 6.45) is 2.02. The summed E-state index contributed by atoms with van der Waals surface area (Å²) in [6.45, 7) is 0.759. The second-order valence-electron chi connectivity index (χ2n) is 5.82. The van der Waals surface area contributed by atoms with Gasteiger partial charge in [-0.15, -0.1) is 0 Å². The highest BCUT2D eigenvalue weighted by molar-refractivity contribution is 7.99. The summed E-state index contributed by atoms with van der Waals surface area (Å²) in [7, 11) is 0. The summed E-state index contributed by atoms with van der Waals surface area (Å²) in [4.78, 5) is 18.8. The molecule has 6 heteroatoms. The molecule has 0 bridgehead atoms. The first-order chi connectivity index (χ1) is 12.3. The molecule has 0 N–H and O–H groups in total. The van der Waals surface area contributed by atoms with Crippen LogP contribution in [0.25, 0.3) is 11.4 Å². The average molecular weight is 351 g/mol. The predicted octanol–water partition coefficient (Wildman–Crippen LogP) is 3.81. The van der Waals surface area contributed by atoms with Crippen LogP contribution in [0.5, 0.6) is 0 Å². The molecule has 0 saturated heterocycles. The predicted molar refractivity (Wildman–Crippen MR) is 97.6 cm³/mol. The molecule has 3 aromatic rings. The zero-order valence-electron chi connectivity index (χ0n) is 13.6. The number of carbonyl (C=O) groups excluding carboxylic acids is 1. The molecule has 5 nitrogen and oxygen atoms in total. The number of para-hydroxylation sites is 1. The van der Waals surface area contributed by atoms with Crippen molar-refractivity contribution in [2.45, 2.75) is 18.1 Å². The first-order valence-corrected chi connectivity index (χ1v) is 9.20. The summed E-state index contributed by atoms with van der Waals surface area (Å²) in [5.74, 6) is 0.889. The number of nitrogens with zero attached hydrogens (tertiary/aromatic N) is 3. The second-order valence-corrected chi connectivity index (χ2v) is 6.74. The fourth-order valence-electron chi connectivity index (χ4n) is 2.97. The van der Waals surface area contributed by atoms with Gasteiger partial charge in [-0.05, 0) is 24.5 Å². The maximum absolute atomic E-state index is 12.6. The molecule has 0 aliphatic carbocycles. The maximum atomic E-state index is 12.6. The van der Waals surface area contributed by atoms with E-state index in [2.05, 4.69) is 16.2 Å². The lowest BCUT2D eigenvalue weighted by Crippen LogP contribution is -2.36. The van der Waals surface area contributed by atoms with Crippen molar-refractivity contribution >= 4 is 23.4 Å². The Balaban J connectivity index is 1.42. The highest BCUT2D eigenvalue weighted by Crippen LogP contribution is 2.28. The molecule has 1 aliphatic heterocycles. The number of aryl methyl sites for hydroxylation is 1. The number of carbonyl (C=O) groups is 1. The summed E-state index contributed by atoms with van der Waals surface area (Å²) >= 11 is 1.28. The molecule has 0 fully saturated rings. The van der Waals surface area contributed by atoms with E-state index in [0.717, 1.165) is 30.6 Å². The number of thioether (sulfide) groups is 1. The van der Waals surface area contributed by atoms with Crippen molar-refractivity contribution in [2.75, 3.05) is 17.2 Å². The third kappa shape index (κ3) is 3.44. The van der Waals surface area contributed by atoms with Crippen molar-refractivity contribution in [3.05, 3.63) is 60.2 Å². The van der Waals surface area contributed by atoms with Crippen LogP contribution in [-0.2, 0) is 11.2 Å². The smallest absolute Gasteiger partial charge is 0.286 e. The quantitative estimate of drug-likeness (QED) is 0.669. The van der Waals surface area contributed by atoms with Gasteiger partial charge in [0.15, 0.2) is 0 Å². The van der Waals surface area contributed by atoms with E-state index in [0.29, 0.717) is 11.0 Å². The van der Waals surface area contributed by atoms with Crippen molar-refractivity contribution in [1.82, 2.24) is 10.1 Å². The van der Waals surface area contributed by atoms with E-state index >= 15 is 0 Å². The Morgan fingerprint density at radius 2 is 1.92 bits per heavy atom. The van der Waals surface area contributed by atoms with Gasteiger partial charge in [-0.1, -0.05) is 65.4 Å². The number of aromatic nitrogens is 2. The van der Waals surface area contributed by atoms with Crippen molar-refractivity contribution in [3.8, 4) is 11.4 Å². The first-order valence-electron chi connectivity index (χ1n) is 8.21. The van der Waals surface area contributed by atoms with Crippen LogP contribution in [-0.4, -0.2) is 28.3 Å². The molecular weight excluding hydrogens is 334 g/mol. The van der Waals surface area contributed by atoms with Crippen LogP contribution in [0.1, 0.15) is 12.0 Å². The minimum Gasteiger partial charge on any atom is -0.327 e. The highest BCUT2D eigenvalue weighted by atomic mass is 32.2. The van der Waals surface area contributed by atoms with Crippen LogP contribution in [0.2, 0.25) is 0 Å². The van der Waals surface area contributed by atoms with E-state index in [9.17, 15) is 4.79 Å². The number of anilines is 1. The minimum absolute atomic E-state index is 0.0663. The van der Waals surface area contributed by atoms with Gasteiger partial charge >= 0.3 is 0 Å². The van der Waals surface area contributed by atoms with Gasteiger partial charge in [-0.3, -0.25) is 4.79 Å². The molecule has 1 aliphatic rings. The van der Waals surface area contributed by atoms with Gasteiger partial charge in [0, 0.05) is 17.8 Å². The Morgan fingerprint density at radius 3 is 2.80 bits per heavy atom. The number of fused-ring (bicyclic) bond motifs is 1. The zero-order chi connectivity index (χ0) is 17.1. The van der Waals surface area contributed by atoms with Gasteiger partial charge in [0.2, 0.25) is 11.7 Å². The number of hydrogen-bond acceptors (Lipinski definition) is 5. The van der Waals surface area contributed by atoms with Gasteiger partial charge in [0.05, 0.1) is 5.75 Å². The van der Waals surface area contributed by atoms with E-state index in [-0.39, 0.29) is 11.7 Å². The Hall–Kier alpha value is -2.60. The Kier molecular flexibility index (Phi) is 4.52. The Labute approximate surface area is 150 Å². The molecule has 25 heavy (non-hydrogen) atoms. The Bertz CT molecular complexity index is 879. The summed E-state index contributed by atoms with van der Waals surface area (Å²) in [6, 6.07) is 17.7. The van der Waals surface area contributed by atoms with Crippen LogP contribution >= 0.6 is 11.8 Å². The van der Waals surface area contributed by atoms with E-state index < -0.39 is 0 Å². The zero-order valence-corrected chi connectivity index (χ0v) is 14.4. The standard InChI is InChI=1S/C19H17N3O2S/c23-17(22-12-6-10-14-7-4-5-11-16(14)22)13-25-19-20-18(21-24-19)15-8-2-1-3-9-15/h1-5,7-9,11H,6,10,12-13H2. The van der Waals surface area contributed by atoms with Gasteiger partial charge in [0.25, 0.3) is 5.22 Å². The maximum Gasteiger partial charge on any atom is 0.286 e. The molecule has 0 spiro atoms. The molecule has 0 unspecified atom stereocenters. The second kappa shape index (κ2) is 7.11. The molecule has 0 atom stereocenters. The third-order valence-electron chi connectivity index (χ3n) is 4.17. The molecule has 4 rings (SSSR count). The van der Waals surface area contributed by atoms with Crippen LogP contribution in [0.4, 0.5) is 5.69 Å². The van der Waals surface area contributed by atoms with E-state index in [1.54, 1.807) is 0 Å². The lowest BCUT2D eigenvalue weighted by Gasteiger charge is -2.29. The SMILES string of the molecule is O=C(CSc1nc(-c2ccccc2)no1)N1CCCc2ccccc21. The van der Waals surface area contributed by atoms with Crippen molar-refractivity contribution in [3.63, 3.8) is 0 Å². The van der Waals surface area contributed by atoms with Gasteiger partial charge in [0.1, 0.15) is 0 Å². The van der Waals surface area contributed by atoms with E-state index in [1.807, 2.05) is 53.4 Å². The molecule has 1 aromatic heterocycles. The summed E-state index contributed by atoms with van der Waals surface area (Å²) in [5, 5.41) is 4.40. The minimum atomic E-state index is 0.0663. The fraction of sp³-hybridized carbons (Fsp3) is 0.211. The fourth-order valence-corrected chi connectivity index (χ4v) is 3.61. The van der Waals surface area contributed by atoms with Crippen molar-refractivity contribution < 1.29 is 9.32 Å². The molecule has 2 aromatic carbocycles. The topological polar surface area (TPSA) is 59.2 Å². The van der Waals surface area contributed by atoms with Gasteiger partial charge in [-0.2, -0.15) is 4.98 Å². The average Bonchev–Trinajstić information content (AvgIpc) is 3.15. The molecule has 126 valence electrons. The third-order valence-corrected chi connectivity index (χ3v) is 4.97. The molecule has 0 saturated carbocycles. The summed E-state index contributed by atoms with van der Waals surface area (Å²) < 4.78 is 5.26. The monoisotopic (exact) mass is 351 g/mol. The van der Waals surface area contributed by atoms with Gasteiger partial charge in [-0.25, -0.2) is 0 Å². The molecule has 0 radical (unpaired) electrons. The largest absolute Gasteiger partial charge is 0.327 e. The number of benzene rings is 2.